The number of methoxy groups -OCH3 is 6. The lowest BCUT2D eigenvalue weighted by molar-refractivity contribution is -0.194. The van der Waals surface area contributed by atoms with Crippen molar-refractivity contribution in [3.8, 4) is 28.7 Å². The lowest BCUT2D eigenvalue weighted by Crippen LogP contribution is -2.80. The van der Waals surface area contributed by atoms with E-state index in [1.54, 1.807) is 14.2 Å². The highest BCUT2D eigenvalue weighted by Crippen LogP contribution is 2.78. The molecule has 5 aliphatic rings. The Labute approximate surface area is 268 Å². The fourth-order valence-corrected chi connectivity index (χ4v) is 9.58. The van der Waals surface area contributed by atoms with Crippen molar-refractivity contribution in [1.29, 1.82) is 0 Å². The number of nitrogens with zero attached hydrogens (tertiary/aromatic N) is 2. The summed E-state index contributed by atoms with van der Waals surface area (Å²) >= 11 is 0. The van der Waals surface area contributed by atoms with Crippen LogP contribution in [0.1, 0.15) is 35.7 Å². The summed E-state index contributed by atoms with van der Waals surface area (Å²) in [4.78, 5) is 33.3. The first-order chi connectivity index (χ1) is 22.2. The maximum atomic E-state index is 14.7. The zero-order chi connectivity index (χ0) is 32.8. The first-order valence-electron chi connectivity index (χ1n) is 15.3. The van der Waals surface area contributed by atoms with Crippen LogP contribution >= 0.6 is 0 Å². The number of likely N-dealkylation sites (N-methyl/N-ethyl adjacent to an activating group) is 1. The van der Waals surface area contributed by atoms with Crippen LogP contribution in [-0.4, -0.2) is 97.7 Å². The van der Waals surface area contributed by atoms with Gasteiger partial charge in [0.25, 0.3) is 0 Å². The fourth-order valence-electron chi connectivity index (χ4n) is 9.58. The Morgan fingerprint density at radius 1 is 0.935 bits per heavy atom. The van der Waals surface area contributed by atoms with Gasteiger partial charge in [0.15, 0.2) is 28.7 Å². The van der Waals surface area contributed by atoms with Gasteiger partial charge < -0.3 is 42.8 Å². The Hall–Kier alpha value is -4.16. The molecule has 0 radical (unpaired) electrons. The second kappa shape index (κ2) is 10.4. The highest BCUT2D eigenvalue weighted by molar-refractivity contribution is 5.92. The van der Waals surface area contributed by atoms with E-state index < -0.39 is 28.5 Å². The number of piperidine rings is 2. The van der Waals surface area contributed by atoms with Gasteiger partial charge in [-0.2, -0.15) is 0 Å². The Kier molecular flexibility index (Phi) is 6.91. The molecule has 246 valence electrons. The third kappa shape index (κ3) is 3.36. The van der Waals surface area contributed by atoms with E-state index in [0.717, 1.165) is 16.8 Å². The van der Waals surface area contributed by atoms with Gasteiger partial charge in [-0.3, -0.25) is 9.69 Å². The van der Waals surface area contributed by atoms with E-state index in [9.17, 15) is 9.59 Å². The van der Waals surface area contributed by atoms with Crippen LogP contribution in [0.15, 0.2) is 35.9 Å². The van der Waals surface area contributed by atoms with Crippen molar-refractivity contribution in [3.05, 3.63) is 47.0 Å². The van der Waals surface area contributed by atoms with Gasteiger partial charge in [-0.25, -0.2) is 4.79 Å². The number of hydrogen-bond acceptors (Lipinski definition) is 12. The van der Waals surface area contributed by atoms with Crippen LogP contribution in [0.2, 0.25) is 0 Å². The summed E-state index contributed by atoms with van der Waals surface area (Å²) < 4.78 is 47.0. The molecule has 2 aromatic carbocycles. The first-order valence-corrected chi connectivity index (χ1v) is 15.3. The second-order valence-electron chi connectivity index (χ2n) is 12.5. The Balaban J connectivity index is 1.43. The van der Waals surface area contributed by atoms with Crippen molar-refractivity contribution >= 4 is 17.6 Å². The van der Waals surface area contributed by atoms with Crippen LogP contribution < -0.4 is 28.6 Å². The van der Waals surface area contributed by atoms with Crippen LogP contribution in [0.5, 0.6) is 28.7 Å². The number of fused-ring (bicyclic) bond motifs is 4. The third-order valence-electron chi connectivity index (χ3n) is 11.3. The molecule has 12 nitrogen and oxygen atoms in total. The van der Waals surface area contributed by atoms with Gasteiger partial charge in [0.1, 0.15) is 18.2 Å². The summed E-state index contributed by atoms with van der Waals surface area (Å²) in [5, 5.41) is 0. The number of ether oxygens (including phenoxy) is 8. The molecule has 4 heterocycles. The maximum Gasteiger partial charge on any atom is 0.338 e. The van der Waals surface area contributed by atoms with E-state index in [0.29, 0.717) is 48.1 Å². The van der Waals surface area contributed by atoms with Gasteiger partial charge in [0, 0.05) is 37.7 Å². The summed E-state index contributed by atoms with van der Waals surface area (Å²) in [6, 6.07) is 6.97. The predicted octanol–water partition coefficient (Wildman–Crippen LogP) is 3.54. The molecule has 6 atom stereocenters. The second-order valence-corrected chi connectivity index (χ2v) is 12.5. The van der Waals surface area contributed by atoms with Gasteiger partial charge in [0.2, 0.25) is 5.75 Å². The summed E-state index contributed by atoms with van der Waals surface area (Å²) in [6.07, 6.45) is 2.96. The van der Waals surface area contributed by atoms with Crippen molar-refractivity contribution < 1.29 is 47.5 Å². The zero-order valence-corrected chi connectivity index (χ0v) is 27.4. The van der Waals surface area contributed by atoms with E-state index in [2.05, 4.69) is 15.9 Å². The lowest BCUT2D eigenvalue weighted by Gasteiger charge is -2.65. The first kappa shape index (κ1) is 30.5. The summed E-state index contributed by atoms with van der Waals surface area (Å²) in [6.45, 7) is 2.39. The molecule has 6 unspecified atom stereocenters. The average Bonchev–Trinajstić information content (AvgIpc) is 3.70. The molecule has 0 aromatic heterocycles. The summed E-state index contributed by atoms with van der Waals surface area (Å²) in [7, 11) is 11.0. The number of hydrogen-bond donors (Lipinski definition) is 0. The molecule has 12 heteroatoms. The molecule has 2 aromatic rings. The minimum absolute atomic E-state index is 0.0158. The van der Waals surface area contributed by atoms with Crippen molar-refractivity contribution in [1.82, 2.24) is 4.90 Å². The van der Waals surface area contributed by atoms with Crippen LogP contribution in [0.25, 0.3) is 0 Å². The standard InChI is InChI=1S/C34H40N2O10/c1-9-18-16-36-27-13-20(18)32(31(38)44-8,17-45-30(37)19-10-25(41-5)29(43-7)26(11-19)42-6)33-15-28(36)46-34(27,33)35(2)22-14-24(40-4)23(39-3)12-21(22)33/h9-12,14,20,27-28H,13,15-17H2,1-8H3. The zero-order valence-electron chi connectivity index (χ0n) is 27.4. The molecule has 1 aliphatic carbocycles. The van der Waals surface area contributed by atoms with Gasteiger partial charge in [-0.05, 0) is 37.1 Å². The predicted molar refractivity (Wildman–Crippen MR) is 165 cm³/mol. The molecule has 4 bridgehead atoms. The molecule has 1 saturated carbocycles. The molecular formula is C34H40N2O10. The molecule has 1 spiro atoms. The highest BCUT2D eigenvalue weighted by atomic mass is 16.6. The largest absolute Gasteiger partial charge is 0.493 e. The number of benzene rings is 2. The number of esters is 2. The summed E-state index contributed by atoms with van der Waals surface area (Å²) in [5.41, 5.74) is -0.207. The number of rotatable bonds is 9. The van der Waals surface area contributed by atoms with Crippen LogP contribution in [0.4, 0.5) is 5.69 Å². The van der Waals surface area contributed by atoms with Crippen LogP contribution in [-0.2, 0) is 24.4 Å². The normalized spacial score (nSPS) is 32.2. The Morgan fingerprint density at radius 3 is 2.17 bits per heavy atom. The number of anilines is 1. The number of carbonyl (C=O) groups is 2. The average molecular weight is 637 g/mol. The molecule has 4 fully saturated rings. The molecule has 4 aliphatic heterocycles. The molecule has 7 rings (SSSR count). The third-order valence-corrected chi connectivity index (χ3v) is 11.3. The van der Waals surface area contributed by atoms with E-state index in [1.165, 1.54) is 40.6 Å². The van der Waals surface area contributed by atoms with Crippen molar-refractivity contribution in [3.63, 3.8) is 0 Å². The lowest BCUT2D eigenvalue weighted by atomic mass is 9.42. The molecular weight excluding hydrogens is 596 g/mol. The Bertz CT molecular complexity index is 1630. The number of carbonyl (C=O) groups excluding carboxylic acids is 2. The monoisotopic (exact) mass is 636 g/mol. The minimum atomic E-state index is -1.35. The van der Waals surface area contributed by atoms with E-state index in [4.69, 9.17) is 37.9 Å². The fraction of sp³-hybridized carbons (Fsp3) is 0.529. The van der Waals surface area contributed by atoms with Crippen LogP contribution in [0, 0.1) is 11.3 Å². The molecule has 46 heavy (non-hydrogen) atoms. The quantitative estimate of drug-likeness (QED) is 0.296. The maximum absolute atomic E-state index is 14.7. The number of allylic oxidation sites excluding steroid dienone is 1. The highest BCUT2D eigenvalue weighted by Gasteiger charge is 2.88. The van der Waals surface area contributed by atoms with Gasteiger partial charge in [-0.1, -0.05) is 11.6 Å². The van der Waals surface area contributed by atoms with Crippen molar-refractivity contribution in [2.24, 2.45) is 11.3 Å². The van der Waals surface area contributed by atoms with Crippen LogP contribution in [0.3, 0.4) is 0 Å². The molecule has 0 amide bonds. The Morgan fingerprint density at radius 2 is 1.59 bits per heavy atom. The molecule has 3 saturated heterocycles. The summed E-state index contributed by atoms with van der Waals surface area (Å²) in [5.74, 6) is 0.702. The van der Waals surface area contributed by atoms with E-state index in [1.807, 2.05) is 26.1 Å². The van der Waals surface area contributed by atoms with E-state index in [-0.39, 0.29) is 30.4 Å². The topological polar surface area (TPSA) is 114 Å². The van der Waals surface area contributed by atoms with Gasteiger partial charge >= 0.3 is 11.9 Å². The minimum Gasteiger partial charge on any atom is -0.493 e. The SMILES string of the molecule is CC=C1CN2C3CC45c6cc(OC)c(OC)cc6N(C)C4(O3)C2CC1C5(COC(=O)c1cc(OC)c(OC)c(OC)c1)C(=O)OC. The molecule has 0 N–H and O–H groups in total. The smallest absolute Gasteiger partial charge is 0.338 e. The van der Waals surface area contributed by atoms with E-state index >= 15 is 0 Å². The van der Waals surface area contributed by atoms with Gasteiger partial charge in [0.05, 0.1) is 59.7 Å². The van der Waals surface area contributed by atoms with Crippen molar-refractivity contribution in [2.75, 3.05) is 67.8 Å². The van der Waals surface area contributed by atoms with Crippen molar-refractivity contribution in [2.45, 2.75) is 43.2 Å². The van der Waals surface area contributed by atoms with Gasteiger partial charge in [-0.15, -0.1) is 0 Å².